The monoisotopic (exact) mass is 270 g/mol. The van der Waals surface area contributed by atoms with Crippen LogP contribution in [0.5, 0.6) is 0 Å². The lowest BCUT2D eigenvalue weighted by Gasteiger charge is -2.05. The fraction of sp³-hybridized carbons (Fsp3) is 0.417. The molecule has 6 heteroatoms. The molecule has 0 fully saturated rings. The molecule has 1 aromatic carbocycles. The summed E-state index contributed by atoms with van der Waals surface area (Å²) < 4.78 is 23.7. The lowest BCUT2D eigenvalue weighted by Crippen LogP contribution is -2.36. The molecule has 0 bridgehead atoms. The zero-order valence-corrected chi connectivity index (χ0v) is 11.2. The average molecular weight is 270 g/mol. The van der Waals surface area contributed by atoms with E-state index >= 15 is 0 Å². The van der Waals surface area contributed by atoms with Gasteiger partial charge in [0.25, 0.3) is 0 Å². The Morgan fingerprint density at radius 2 is 1.89 bits per heavy atom. The Bertz CT molecular complexity index is 471. The van der Waals surface area contributed by atoms with Crippen molar-refractivity contribution in [3.63, 3.8) is 0 Å². The predicted molar refractivity (Wildman–Crippen MR) is 70.6 cm³/mol. The first-order chi connectivity index (χ1) is 8.47. The number of amides is 1. The van der Waals surface area contributed by atoms with Crippen molar-refractivity contribution < 1.29 is 13.2 Å². The van der Waals surface area contributed by atoms with Gasteiger partial charge in [0.1, 0.15) is 0 Å². The smallest absolute Gasteiger partial charge is 0.235 e. The third kappa shape index (κ3) is 7.03. The van der Waals surface area contributed by atoms with E-state index in [4.69, 9.17) is 0 Å². The molecule has 0 heterocycles. The van der Waals surface area contributed by atoms with E-state index in [1.165, 1.54) is 5.56 Å². The van der Waals surface area contributed by atoms with Gasteiger partial charge in [0, 0.05) is 6.54 Å². The van der Waals surface area contributed by atoms with Crippen molar-refractivity contribution in [2.75, 3.05) is 19.3 Å². The molecule has 0 aliphatic heterocycles. The minimum atomic E-state index is -3.30. The number of aryl methyl sites for hydroxylation is 1. The van der Waals surface area contributed by atoms with E-state index in [9.17, 15) is 13.2 Å². The largest absolute Gasteiger partial charge is 0.355 e. The van der Waals surface area contributed by atoms with Crippen molar-refractivity contribution in [3.8, 4) is 0 Å². The topological polar surface area (TPSA) is 75.3 Å². The zero-order chi connectivity index (χ0) is 13.4. The van der Waals surface area contributed by atoms with Crippen LogP contribution in [0.25, 0.3) is 0 Å². The van der Waals surface area contributed by atoms with Crippen molar-refractivity contribution in [2.45, 2.75) is 12.8 Å². The maximum absolute atomic E-state index is 11.3. The fourth-order valence-electron chi connectivity index (χ4n) is 1.42. The highest BCUT2D eigenvalue weighted by Crippen LogP contribution is 2.01. The number of hydrogen-bond acceptors (Lipinski definition) is 3. The summed E-state index contributed by atoms with van der Waals surface area (Å²) in [5.41, 5.74) is 1.22. The number of carbonyl (C=O) groups excluding carboxylic acids is 1. The molecule has 0 radical (unpaired) electrons. The summed E-state index contributed by atoms with van der Waals surface area (Å²) in [4.78, 5) is 11.3. The van der Waals surface area contributed by atoms with Gasteiger partial charge in [-0.2, -0.15) is 0 Å². The summed E-state index contributed by atoms with van der Waals surface area (Å²) in [6.45, 7) is 0.337. The van der Waals surface area contributed by atoms with Gasteiger partial charge in [0.2, 0.25) is 15.9 Å². The SMILES string of the molecule is CS(=O)(=O)NCC(=O)NCCCc1ccccc1. The van der Waals surface area contributed by atoms with E-state index in [1.807, 2.05) is 30.3 Å². The van der Waals surface area contributed by atoms with Gasteiger partial charge in [-0.3, -0.25) is 4.79 Å². The predicted octanol–water partition coefficient (Wildman–Crippen LogP) is 0.285. The number of nitrogens with one attached hydrogen (secondary N) is 2. The normalized spacial score (nSPS) is 11.2. The van der Waals surface area contributed by atoms with Crippen molar-refractivity contribution in [3.05, 3.63) is 35.9 Å². The Morgan fingerprint density at radius 1 is 1.22 bits per heavy atom. The molecule has 0 saturated heterocycles. The fourth-order valence-corrected chi connectivity index (χ4v) is 1.82. The Hall–Kier alpha value is -1.40. The summed E-state index contributed by atoms with van der Waals surface area (Å²) in [7, 11) is -3.30. The number of sulfonamides is 1. The zero-order valence-electron chi connectivity index (χ0n) is 10.3. The van der Waals surface area contributed by atoms with Crippen LogP contribution in [0.2, 0.25) is 0 Å². The molecule has 0 unspecified atom stereocenters. The van der Waals surface area contributed by atoms with Crippen molar-refractivity contribution in [1.82, 2.24) is 10.0 Å². The van der Waals surface area contributed by atoms with Crippen molar-refractivity contribution >= 4 is 15.9 Å². The Labute approximate surface area is 108 Å². The number of carbonyl (C=O) groups is 1. The molecule has 0 aliphatic rings. The molecule has 18 heavy (non-hydrogen) atoms. The molecule has 0 spiro atoms. The van der Waals surface area contributed by atoms with Gasteiger partial charge in [0.05, 0.1) is 12.8 Å². The first-order valence-electron chi connectivity index (χ1n) is 5.72. The van der Waals surface area contributed by atoms with Crippen molar-refractivity contribution in [1.29, 1.82) is 0 Å². The van der Waals surface area contributed by atoms with E-state index in [0.29, 0.717) is 6.54 Å². The second-order valence-electron chi connectivity index (χ2n) is 4.03. The first-order valence-corrected chi connectivity index (χ1v) is 7.62. The lowest BCUT2D eigenvalue weighted by atomic mass is 10.1. The highest BCUT2D eigenvalue weighted by Gasteiger charge is 2.05. The van der Waals surface area contributed by atoms with Gasteiger partial charge < -0.3 is 5.32 Å². The summed E-state index contributed by atoms with van der Waals surface area (Å²) in [6.07, 6.45) is 2.74. The Morgan fingerprint density at radius 3 is 2.50 bits per heavy atom. The third-order valence-electron chi connectivity index (χ3n) is 2.30. The van der Waals surface area contributed by atoms with Gasteiger partial charge >= 0.3 is 0 Å². The van der Waals surface area contributed by atoms with Crippen molar-refractivity contribution in [2.24, 2.45) is 0 Å². The molecule has 1 amide bonds. The van der Waals surface area contributed by atoms with Crippen LogP contribution in [-0.2, 0) is 21.2 Å². The molecule has 0 aliphatic carbocycles. The third-order valence-corrected chi connectivity index (χ3v) is 2.97. The molecular weight excluding hydrogens is 252 g/mol. The number of rotatable bonds is 7. The van der Waals surface area contributed by atoms with E-state index in [-0.39, 0.29) is 12.5 Å². The molecule has 100 valence electrons. The van der Waals surface area contributed by atoms with Gasteiger partial charge in [-0.15, -0.1) is 0 Å². The number of benzene rings is 1. The van der Waals surface area contributed by atoms with Crippen LogP contribution in [0.3, 0.4) is 0 Å². The minimum Gasteiger partial charge on any atom is -0.355 e. The van der Waals surface area contributed by atoms with E-state index < -0.39 is 10.0 Å². The molecule has 5 nitrogen and oxygen atoms in total. The maximum atomic E-state index is 11.3. The van der Waals surface area contributed by atoms with Gasteiger partial charge in [-0.25, -0.2) is 13.1 Å². The van der Waals surface area contributed by atoms with Crippen LogP contribution in [0.15, 0.2) is 30.3 Å². The lowest BCUT2D eigenvalue weighted by molar-refractivity contribution is -0.119. The van der Waals surface area contributed by atoms with E-state index in [1.54, 1.807) is 0 Å². The van der Waals surface area contributed by atoms with Crippen LogP contribution in [0, 0.1) is 0 Å². The Kier molecular flexibility index (Phi) is 5.80. The van der Waals surface area contributed by atoms with Gasteiger partial charge in [-0.05, 0) is 18.4 Å². The summed E-state index contributed by atoms with van der Waals surface area (Å²) in [5.74, 6) is -0.312. The van der Waals surface area contributed by atoms with Crippen LogP contribution >= 0.6 is 0 Å². The van der Waals surface area contributed by atoms with E-state index in [0.717, 1.165) is 19.1 Å². The van der Waals surface area contributed by atoms with Crippen LogP contribution < -0.4 is 10.0 Å². The van der Waals surface area contributed by atoms with Crippen LogP contribution in [-0.4, -0.2) is 33.7 Å². The standard InChI is InChI=1S/C12H18N2O3S/c1-18(16,17)14-10-12(15)13-9-5-8-11-6-3-2-4-7-11/h2-4,6-7,14H,5,8-10H2,1H3,(H,13,15). The van der Waals surface area contributed by atoms with E-state index in [2.05, 4.69) is 10.0 Å². The Balaban J connectivity index is 2.13. The summed E-state index contributed by atoms with van der Waals surface area (Å²) in [5, 5.41) is 2.66. The maximum Gasteiger partial charge on any atom is 0.235 e. The molecule has 0 saturated carbocycles. The molecule has 2 N–H and O–H groups in total. The summed E-state index contributed by atoms with van der Waals surface area (Å²) >= 11 is 0. The molecule has 1 rings (SSSR count). The first kappa shape index (κ1) is 14.7. The quantitative estimate of drug-likeness (QED) is 0.699. The molecule has 1 aromatic rings. The second-order valence-corrected chi connectivity index (χ2v) is 5.87. The molecule has 0 aromatic heterocycles. The van der Waals surface area contributed by atoms with Gasteiger partial charge in [-0.1, -0.05) is 30.3 Å². The molecular formula is C12H18N2O3S. The van der Waals surface area contributed by atoms with Crippen LogP contribution in [0.4, 0.5) is 0 Å². The van der Waals surface area contributed by atoms with Crippen LogP contribution in [0.1, 0.15) is 12.0 Å². The highest BCUT2D eigenvalue weighted by atomic mass is 32.2. The highest BCUT2D eigenvalue weighted by molar-refractivity contribution is 7.88. The van der Waals surface area contributed by atoms with Gasteiger partial charge in [0.15, 0.2) is 0 Å². The average Bonchev–Trinajstić information content (AvgIpc) is 2.33. The molecule has 0 atom stereocenters. The summed E-state index contributed by atoms with van der Waals surface area (Å²) in [6, 6.07) is 9.98. The second kappa shape index (κ2) is 7.13. The minimum absolute atomic E-state index is 0.204. The number of hydrogen-bond donors (Lipinski definition) is 2.